The van der Waals surface area contributed by atoms with Crippen LogP contribution in [-0.4, -0.2) is 20.2 Å². The molecule has 0 aliphatic carbocycles. The smallest absolute Gasteiger partial charge is 0.205 e. The van der Waals surface area contributed by atoms with E-state index in [0.29, 0.717) is 11.5 Å². The first-order valence-corrected chi connectivity index (χ1v) is 5.65. The number of tetrazole rings is 1. The van der Waals surface area contributed by atoms with Crippen molar-refractivity contribution in [2.24, 2.45) is 0 Å². The molecule has 3 rings (SSSR count). The number of rotatable bonds is 2. The average Bonchev–Trinajstić information content (AvgIpc) is 2.92. The highest BCUT2D eigenvalue weighted by Crippen LogP contribution is 2.20. The van der Waals surface area contributed by atoms with Gasteiger partial charge in [-0.15, -0.1) is 15.0 Å². The minimum absolute atomic E-state index is 0.000452. The van der Waals surface area contributed by atoms with Gasteiger partial charge in [0.2, 0.25) is 5.82 Å². The van der Waals surface area contributed by atoms with Crippen molar-refractivity contribution >= 4 is 5.69 Å². The van der Waals surface area contributed by atoms with Gasteiger partial charge >= 0.3 is 0 Å². The second-order valence-electron chi connectivity index (χ2n) is 3.94. The van der Waals surface area contributed by atoms with E-state index >= 15 is 0 Å². The molecule has 3 aromatic rings. The summed E-state index contributed by atoms with van der Waals surface area (Å²) in [6, 6.07) is 13.9. The summed E-state index contributed by atoms with van der Waals surface area (Å²) < 4.78 is 13.4. The van der Waals surface area contributed by atoms with E-state index < -0.39 is 5.82 Å². The van der Waals surface area contributed by atoms with Gasteiger partial charge in [0.25, 0.3) is 0 Å². The number of para-hydroxylation sites is 1. The van der Waals surface area contributed by atoms with Crippen LogP contribution in [0.15, 0.2) is 48.5 Å². The van der Waals surface area contributed by atoms with Crippen molar-refractivity contribution in [2.75, 3.05) is 5.73 Å². The van der Waals surface area contributed by atoms with Gasteiger partial charge in [-0.1, -0.05) is 36.4 Å². The highest BCUT2D eigenvalue weighted by molar-refractivity contribution is 5.58. The zero-order valence-corrected chi connectivity index (χ0v) is 9.86. The van der Waals surface area contributed by atoms with Gasteiger partial charge in [0.05, 0.1) is 5.69 Å². The third-order valence-corrected chi connectivity index (χ3v) is 2.69. The van der Waals surface area contributed by atoms with E-state index in [0.717, 1.165) is 5.56 Å². The van der Waals surface area contributed by atoms with Crippen LogP contribution in [0.4, 0.5) is 10.1 Å². The molecule has 0 aliphatic rings. The number of nitrogen functional groups attached to an aromatic ring is 1. The van der Waals surface area contributed by atoms with E-state index in [9.17, 15) is 4.39 Å². The Bertz CT molecular complexity index is 708. The van der Waals surface area contributed by atoms with Crippen LogP contribution in [0, 0.1) is 5.82 Å². The lowest BCUT2D eigenvalue weighted by atomic mass is 10.2. The van der Waals surface area contributed by atoms with Crippen LogP contribution in [0.2, 0.25) is 0 Å². The molecule has 0 saturated carbocycles. The fourth-order valence-electron chi connectivity index (χ4n) is 1.72. The highest BCUT2D eigenvalue weighted by atomic mass is 19.1. The molecule has 19 heavy (non-hydrogen) atoms. The second-order valence-corrected chi connectivity index (χ2v) is 3.94. The lowest BCUT2D eigenvalue weighted by Crippen LogP contribution is -2.05. The Morgan fingerprint density at radius 1 is 1.00 bits per heavy atom. The molecule has 0 radical (unpaired) electrons. The van der Waals surface area contributed by atoms with E-state index in [1.54, 1.807) is 12.1 Å². The number of anilines is 1. The SMILES string of the molecule is Nc1c(F)cccc1-n1nnc(-c2ccccc2)n1. The van der Waals surface area contributed by atoms with Gasteiger partial charge in [-0.2, -0.15) is 0 Å². The molecule has 5 nitrogen and oxygen atoms in total. The predicted molar refractivity (Wildman–Crippen MR) is 69.0 cm³/mol. The Hall–Kier alpha value is -2.76. The van der Waals surface area contributed by atoms with Crippen LogP contribution in [0.1, 0.15) is 0 Å². The Morgan fingerprint density at radius 2 is 1.79 bits per heavy atom. The van der Waals surface area contributed by atoms with Gasteiger partial charge in [0.15, 0.2) is 0 Å². The average molecular weight is 255 g/mol. The molecule has 0 spiro atoms. The molecule has 0 bridgehead atoms. The highest BCUT2D eigenvalue weighted by Gasteiger charge is 2.11. The summed E-state index contributed by atoms with van der Waals surface area (Å²) in [4.78, 5) is 1.22. The maximum Gasteiger partial charge on any atom is 0.205 e. The summed E-state index contributed by atoms with van der Waals surface area (Å²) in [7, 11) is 0. The largest absolute Gasteiger partial charge is 0.395 e. The molecule has 2 aromatic carbocycles. The Kier molecular flexibility index (Phi) is 2.68. The Labute approximate surface area is 108 Å². The molecule has 1 aromatic heterocycles. The van der Waals surface area contributed by atoms with Gasteiger partial charge < -0.3 is 5.73 Å². The minimum atomic E-state index is -0.504. The summed E-state index contributed by atoms with van der Waals surface area (Å²) in [5, 5.41) is 12.0. The van der Waals surface area contributed by atoms with Crippen molar-refractivity contribution in [2.45, 2.75) is 0 Å². The van der Waals surface area contributed by atoms with Gasteiger partial charge in [0.1, 0.15) is 11.5 Å². The first kappa shape index (κ1) is 11.3. The Morgan fingerprint density at radius 3 is 2.58 bits per heavy atom. The zero-order valence-electron chi connectivity index (χ0n) is 9.86. The number of hydrogen-bond donors (Lipinski definition) is 1. The third-order valence-electron chi connectivity index (χ3n) is 2.69. The summed E-state index contributed by atoms with van der Waals surface area (Å²) in [6.07, 6.45) is 0. The molecule has 1 heterocycles. The van der Waals surface area contributed by atoms with Crippen molar-refractivity contribution < 1.29 is 4.39 Å². The van der Waals surface area contributed by atoms with Crippen LogP contribution < -0.4 is 5.73 Å². The van der Waals surface area contributed by atoms with Crippen molar-refractivity contribution in [3.8, 4) is 17.1 Å². The van der Waals surface area contributed by atoms with Gasteiger partial charge in [0, 0.05) is 5.56 Å². The summed E-state index contributed by atoms with van der Waals surface area (Å²) in [5.41, 5.74) is 6.87. The normalized spacial score (nSPS) is 10.6. The van der Waals surface area contributed by atoms with Gasteiger partial charge in [-0.25, -0.2) is 4.39 Å². The molecule has 0 amide bonds. The predicted octanol–water partition coefficient (Wildman–Crippen LogP) is 2.05. The maximum atomic E-state index is 13.4. The lowest BCUT2D eigenvalue weighted by Gasteiger charge is -2.03. The van der Waals surface area contributed by atoms with Crippen LogP contribution in [0.25, 0.3) is 17.1 Å². The molecule has 0 aliphatic heterocycles. The monoisotopic (exact) mass is 255 g/mol. The number of nitrogens with two attached hydrogens (primary N) is 1. The molecule has 0 atom stereocenters. The first-order valence-electron chi connectivity index (χ1n) is 5.65. The van der Waals surface area contributed by atoms with E-state index in [4.69, 9.17) is 5.73 Å². The molecule has 6 heteroatoms. The number of benzene rings is 2. The maximum absolute atomic E-state index is 13.4. The van der Waals surface area contributed by atoms with E-state index in [1.807, 2.05) is 30.3 Å². The molecule has 94 valence electrons. The van der Waals surface area contributed by atoms with E-state index in [2.05, 4.69) is 15.4 Å². The summed E-state index contributed by atoms with van der Waals surface area (Å²) in [6.45, 7) is 0. The molecular formula is C13H10FN5. The van der Waals surface area contributed by atoms with Crippen molar-refractivity contribution in [3.63, 3.8) is 0 Å². The summed E-state index contributed by atoms with van der Waals surface area (Å²) in [5.74, 6) is -0.0414. The zero-order chi connectivity index (χ0) is 13.2. The van der Waals surface area contributed by atoms with Crippen molar-refractivity contribution in [1.82, 2.24) is 20.2 Å². The van der Waals surface area contributed by atoms with Crippen LogP contribution in [-0.2, 0) is 0 Å². The number of aromatic nitrogens is 4. The minimum Gasteiger partial charge on any atom is -0.395 e. The lowest BCUT2D eigenvalue weighted by molar-refractivity contribution is 0.626. The first-order chi connectivity index (χ1) is 9.25. The molecule has 0 fully saturated rings. The number of hydrogen-bond acceptors (Lipinski definition) is 4. The van der Waals surface area contributed by atoms with Crippen LogP contribution >= 0.6 is 0 Å². The summed E-state index contributed by atoms with van der Waals surface area (Å²) >= 11 is 0. The quantitative estimate of drug-likeness (QED) is 0.711. The molecule has 0 saturated heterocycles. The second kappa shape index (κ2) is 4.49. The van der Waals surface area contributed by atoms with Crippen LogP contribution in [0.3, 0.4) is 0 Å². The number of halogens is 1. The molecule has 0 unspecified atom stereocenters. The third kappa shape index (κ3) is 2.03. The fourth-order valence-corrected chi connectivity index (χ4v) is 1.72. The van der Waals surface area contributed by atoms with Gasteiger partial charge in [-0.3, -0.25) is 0 Å². The van der Waals surface area contributed by atoms with E-state index in [1.165, 1.54) is 10.9 Å². The fraction of sp³-hybridized carbons (Fsp3) is 0. The molecule has 2 N–H and O–H groups in total. The standard InChI is InChI=1S/C13H10FN5/c14-10-7-4-8-11(12(10)15)19-17-13(16-18-19)9-5-2-1-3-6-9/h1-8H,15H2. The number of nitrogens with zero attached hydrogens (tertiary/aromatic N) is 4. The molecular weight excluding hydrogens is 245 g/mol. The van der Waals surface area contributed by atoms with Crippen molar-refractivity contribution in [1.29, 1.82) is 0 Å². The van der Waals surface area contributed by atoms with Crippen LogP contribution in [0.5, 0.6) is 0 Å². The topological polar surface area (TPSA) is 69.6 Å². The Balaban J connectivity index is 2.05. The van der Waals surface area contributed by atoms with E-state index in [-0.39, 0.29) is 5.69 Å². The van der Waals surface area contributed by atoms with Crippen molar-refractivity contribution in [3.05, 3.63) is 54.3 Å². The van der Waals surface area contributed by atoms with Gasteiger partial charge in [-0.05, 0) is 17.3 Å².